The molecule has 2 aromatic rings. The molecule has 104 valence electrons. The summed E-state index contributed by atoms with van der Waals surface area (Å²) in [5.41, 5.74) is 4.12. The van der Waals surface area contributed by atoms with E-state index < -0.39 is 0 Å². The topological polar surface area (TPSA) is 12.0 Å². The van der Waals surface area contributed by atoms with Crippen LogP contribution in [0.1, 0.15) is 29.2 Å². The fourth-order valence-electron chi connectivity index (χ4n) is 2.82. The predicted octanol–water partition coefficient (Wildman–Crippen LogP) is 4.18. The average Bonchev–Trinajstić information content (AvgIpc) is 3.00. The first kappa shape index (κ1) is 13.7. The predicted molar refractivity (Wildman–Crippen MR) is 88.3 cm³/mol. The van der Waals surface area contributed by atoms with Crippen LogP contribution in [0.5, 0.6) is 0 Å². The van der Waals surface area contributed by atoms with Crippen molar-refractivity contribution in [1.29, 1.82) is 0 Å². The first-order chi connectivity index (χ1) is 9.84. The Bertz CT molecular complexity index is 546. The van der Waals surface area contributed by atoms with Crippen molar-refractivity contribution < 1.29 is 0 Å². The summed E-state index contributed by atoms with van der Waals surface area (Å²) in [5.74, 6) is 2.52. The molecule has 3 rings (SSSR count). The molecule has 2 heteroatoms. The minimum Gasteiger partial charge on any atom is -0.303 e. The normalized spacial score (nSPS) is 19.9. The van der Waals surface area contributed by atoms with Gasteiger partial charge in [-0.3, -0.25) is 0 Å². The Kier molecular flexibility index (Phi) is 4.44. The van der Waals surface area contributed by atoms with Crippen molar-refractivity contribution in [3.05, 3.63) is 71.3 Å². The molecule has 1 aliphatic heterocycles. The van der Waals surface area contributed by atoms with Crippen molar-refractivity contribution in [2.75, 3.05) is 11.5 Å². The van der Waals surface area contributed by atoms with E-state index in [-0.39, 0.29) is 0 Å². The summed E-state index contributed by atoms with van der Waals surface area (Å²) in [6.07, 6.45) is 1.28. The molecule has 2 atom stereocenters. The van der Waals surface area contributed by atoms with Crippen molar-refractivity contribution in [1.82, 2.24) is 5.32 Å². The highest BCUT2D eigenvalue weighted by Gasteiger charge is 2.22. The molecule has 2 unspecified atom stereocenters. The third-order valence-electron chi connectivity index (χ3n) is 3.96. The fraction of sp³-hybridized carbons (Fsp3) is 0.333. The molecule has 1 aliphatic rings. The molecule has 0 radical (unpaired) electrons. The van der Waals surface area contributed by atoms with Crippen LogP contribution >= 0.6 is 11.8 Å². The van der Waals surface area contributed by atoms with Gasteiger partial charge in [-0.05, 0) is 35.8 Å². The van der Waals surface area contributed by atoms with Gasteiger partial charge < -0.3 is 5.32 Å². The lowest BCUT2D eigenvalue weighted by atomic mass is 9.94. The van der Waals surface area contributed by atoms with Crippen molar-refractivity contribution >= 4 is 11.8 Å². The number of hydrogen-bond acceptors (Lipinski definition) is 2. The molecule has 20 heavy (non-hydrogen) atoms. The van der Waals surface area contributed by atoms with Gasteiger partial charge in [-0.25, -0.2) is 0 Å². The summed E-state index contributed by atoms with van der Waals surface area (Å²) < 4.78 is 0. The quantitative estimate of drug-likeness (QED) is 0.903. The van der Waals surface area contributed by atoms with Gasteiger partial charge in [-0.2, -0.15) is 11.8 Å². The van der Waals surface area contributed by atoms with Gasteiger partial charge in [0.25, 0.3) is 0 Å². The van der Waals surface area contributed by atoms with Gasteiger partial charge >= 0.3 is 0 Å². The highest BCUT2D eigenvalue weighted by Crippen LogP contribution is 2.28. The first-order valence-electron chi connectivity index (χ1n) is 7.29. The van der Waals surface area contributed by atoms with Crippen LogP contribution in [0.2, 0.25) is 0 Å². The molecule has 0 bridgehead atoms. The third kappa shape index (κ3) is 3.08. The molecule has 1 saturated heterocycles. The lowest BCUT2D eigenvalue weighted by Gasteiger charge is -2.25. The highest BCUT2D eigenvalue weighted by molar-refractivity contribution is 7.99. The van der Waals surface area contributed by atoms with E-state index in [4.69, 9.17) is 0 Å². The Morgan fingerprint density at radius 3 is 2.50 bits per heavy atom. The van der Waals surface area contributed by atoms with E-state index in [1.807, 2.05) is 0 Å². The number of nitrogens with one attached hydrogen (secondary N) is 1. The van der Waals surface area contributed by atoms with E-state index in [0.717, 1.165) is 0 Å². The number of hydrogen-bond donors (Lipinski definition) is 1. The minimum absolute atomic E-state index is 0.307. The average molecular weight is 283 g/mol. The van der Waals surface area contributed by atoms with E-state index in [2.05, 4.69) is 78.6 Å². The fourth-order valence-corrected chi connectivity index (χ4v) is 3.99. The number of benzene rings is 2. The summed E-state index contributed by atoms with van der Waals surface area (Å²) in [4.78, 5) is 0. The Morgan fingerprint density at radius 2 is 1.80 bits per heavy atom. The molecule has 1 fully saturated rings. The van der Waals surface area contributed by atoms with Crippen LogP contribution in [0.4, 0.5) is 0 Å². The van der Waals surface area contributed by atoms with Gasteiger partial charge in [-0.15, -0.1) is 0 Å². The maximum atomic E-state index is 3.87. The molecule has 0 aliphatic carbocycles. The lowest BCUT2D eigenvalue weighted by Crippen LogP contribution is -2.33. The van der Waals surface area contributed by atoms with E-state index >= 15 is 0 Å². The summed E-state index contributed by atoms with van der Waals surface area (Å²) >= 11 is 2.06. The van der Waals surface area contributed by atoms with Crippen molar-refractivity contribution in [2.24, 2.45) is 0 Å². The molecule has 2 aromatic carbocycles. The van der Waals surface area contributed by atoms with Gasteiger partial charge in [-0.1, -0.05) is 54.6 Å². The zero-order valence-electron chi connectivity index (χ0n) is 11.9. The van der Waals surface area contributed by atoms with Crippen LogP contribution in [-0.2, 0) is 0 Å². The van der Waals surface area contributed by atoms with Gasteiger partial charge in [0.2, 0.25) is 0 Å². The zero-order chi connectivity index (χ0) is 13.8. The van der Waals surface area contributed by atoms with E-state index in [9.17, 15) is 0 Å². The van der Waals surface area contributed by atoms with E-state index in [1.165, 1.54) is 34.6 Å². The highest BCUT2D eigenvalue weighted by atomic mass is 32.2. The largest absolute Gasteiger partial charge is 0.303 e. The van der Waals surface area contributed by atoms with Crippen LogP contribution in [0.25, 0.3) is 0 Å². The van der Waals surface area contributed by atoms with Gasteiger partial charge in [0, 0.05) is 11.8 Å². The van der Waals surface area contributed by atoms with E-state index in [0.29, 0.717) is 12.1 Å². The second-order valence-electron chi connectivity index (χ2n) is 5.43. The monoisotopic (exact) mass is 283 g/mol. The second-order valence-corrected chi connectivity index (χ2v) is 6.58. The third-order valence-corrected chi connectivity index (χ3v) is 5.13. The van der Waals surface area contributed by atoms with E-state index in [1.54, 1.807) is 0 Å². The number of rotatable bonds is 4. The molecule has 1 N–H and O–H groups in total. The molecule has 0 spiro atoms. The van der Waals surface area contributed by atoms with Gasteiger partial charge in [0.05, 0.1) is 6.04 Å². The molecule has 0 aromatic heterocycles. The van der Waals surface area contributed by atoms with Crippen molar-refractivity contribution in [3.8, 4) is 0 Å². The standard InChI is InChI=1S/C18H21NS/c1-14-7-5-6-10-17(14)18(15-8-3-2-4-9-15)19-16-11-12-20-13-16/h2-10,16,18-19H,11-13H2,1H3. The molecular formula is C18H21NS. The summed E-state index contributed by atoms with van der Waals surface area (Å²) in [7, 11) is 0. The summed E-state index contributed by atoms with van der Waals surface area (Å²) in [6, 6.07) is 20.5. The molecule has 0 amide bonds. The Labute approximate surface area is 125 Å². The van der Waals surface area contributed by atoms with Crippen LogP contribution in [0, 0.1) is 6.92 Å². The van der Waals surface area contributed by atoms with Crippen LogP contribution in [-0.4, -0.2) is 17.5 Å². The van der Waals surface area contributed by atoms with Crippen LogP contribution in [0.3, 0.4) is 0 Å². The molecule has 0 saturated carbocycles. The molecular weight excluding hydrogens is 262 g/mol. The number of aryl methyl sites for hydroxylation is 1. The Morgan fingerprint density at radius 1 is 1.05 bits per heavy atom. The molecule has 1 heterocycles. The minimum atomic E-state index is 0.307. The summed E-state index contributed by atoms with van der Waals surface area (Å²) in [5, 5.41) is 3.87. The summed E-state index contributed by atoms with van der Waals surface area (Å²) in [6.45, 7) is 2.20. The van der Waals surface area contributed by atoms with Crippen molar-refractivity contribution in [2.45, 2.75) is 25.4 Å². The first-order valence-corrected chi connectivity index (χ1v) is 8.44. The Balaban J connectivity index is 1.92. The Hall–Kier alpha value is -1.25. The smallest absolute Gasteiger partial charge is 0.0581 e. The SMILES string of the molecule is Cc1ccccc1C(NC1CCSC1)c1ccccc1. The number of thioether (sulfide) groups is 1. The zero-order valence-corrected chi connectivity index (χ0v) is 12.7. The second kappa shape index (κ2) is 6.47. The van der Waals surface area contributed by atoms with Crippen LogP contribution < -0.4 is 5.32 Å². The maximum absolute atomic E-state index is 3.87. The van der Waals surface area contributed by atoms with Crippen LogP contribution in [0.15, 0.2) is 54.6 Å². The lowest BCUT2D eigenvalue weighted by molar-refractivity contribution is 0.505. The van der Waals surface area contributed by atoms with Gasteiger partial charge in [0.15, 0.2) is 0 Å². The maximum Gasteiger partial charge on any atom is 0.0581 e. The van der Waals surface area contributed by atoms with Crippen molar-refractivity contribution in [3.63, 3.8) is 0 Å². The molecule has 1 nitrogen and oxygen atoms in total. The van der Waals surface area contributed by atoms with Gasteiger partial charge in [0.1, 0.15) is 0 Å².